The van der Waals surface area contributed by atoms with E-state index >= 15 is 0 Å². The van der Waals surface area contributed by atoms with Crippen molar-refractivity contribution >= 4 is 21.6 Å². The predicted molar refractivity (Wildman–Crippen MR) is 97.2 cm³/mol. The molecule has 0 fully saturated rings. The van der Waals surface area contributed by atoms with E-state index in [1.165, 1.54) is 12.1 Å². The standard InChI is InChI=1S/C17H16ClN3O4S/c18-14-3-1-13(2-4-14)17-9-10-21(19-17)15-5-7-16(8-6-15)26(24,25)20(11-22)12-23/h1-10,22-23H,11-12H2. The lowest BCUT2D eigenvalue weighted by Crippen LogP contribution is -2.32. The molecule has 0 aliphatic heterocycles. The van der Waals surface area contributed by atoms with Gasteiger partial charge in [0.25, 0.3) is 0 Å². The van der Waals surface area contributed by atoms with Crippen LogP contribution in [0.2, 0.25) is 5.02 Å². The summed E-state index contributed by atoms with van der Waals surface area (Å²) in [7, 11) is -3.95. The maximum absolute atomic E-state index is 12.2. The van der Waals surface area contributed by atoms with Crippen LogP contribution in [0.5, 0.6) is 0 Å². The monoisotopic (exact) mass is 393 g/mol. The van der Waals surface area contributed by atoms with Crippen LogP contribution in [0.15, 0.2) is 65.7 Å². The summed E-state index contributed by atoms with van der Waals surface area (Å²) < 4.78 is 26.6. The Labute approximate surface area is 155 Å². The molecule has 2 N–H and O–H groups in total. The molecule has 3 aromatic rings. The van der Waals surface area contributed by atoms with Crippen molar-refractivity contribution in [1.82, 2.24) is 14.1 Å². The van der Waals surface area contributed by atoms with Crippen molar-refractivity contribution in [3.63, 3.8) is 0 Å². The van der Waals surface area contributed by atoms with E-state index in [0.717, 1.165) is 11.3 Å². The average Bonchev–Trinajstić information content (AvgIpc) is 3.13. The van der Waals surface area contributed by atoms with E-state index in [0.29, 0.717) is 15.0 Å². The first-order valence-corrected chi connectivity index (χ1v) is 9.41. The molecule has 1 aromatic heterocycles. The number of benzene rings is 2. The molecule has 0 bridgehead atoms. The highest BCUT2D eigenvalue weighted by molar-refractivity contribution is 7.89. The van der Waals surface area contributed by atoms with Gasteiger partial charge in [-0.3, -0.25) is 0 Å². The van der Waals surface area contributed by atoms with Crippen molar-refractivity contribution in [2.75, 3.05) is 13.5 Å². The van der Waals surface area contributed by atoms with Gasteiger partial charge in [0.15, 0.2) is 0 Å². The molecule has 0 aliphatic carbocycles. The van der Waals surface area contributed by atoms with Gasteiger partial charge in [-0.05, 0) is 42.5 Å². The molecular formula is C17H16ClN3O4S. The zero-order chi connectivity index (χ0) is 18.7. The smallest absolute Gasteiger partial charge is 0.246 e. The Morgan fingerprint density at radius 3 is 2.15 bits per heavy atom. The van der Waals surface area contributed by atoms with E-state index in [2.05, 4.69) is 5.10 Å². The highest BCUT2D eigenvalue weighted by Crippen LogP contribution is 2.22. The van der Waals surface area contributed by atoms with Crippen LogP contribution in [0.1, 0.15) is 0 Å². The van der Waals surface area contributed by atoms with Crippen LogP contribution in [-0.2, 0) is 10.0 Å². The second-order valence-corrected chi connectivity index (χ2v) is 7.76. The molecule has 0 spiro atoms. The van der Waals surface area contributed by atoms with Gasteiger partial charge < -0.3 is 10.2 Å². The third-order valence-electron chi connectivity index (χ3n) is 3.78. The predicted octanol–water partition coefficient (Wildman–Crippen LogP) is 2.08. The lowest BCUT2D eigenvalue weighted by atomic mass is 10.2. The lowest BCUT2D eigenvalue weighted by Gasteiger charge is -2.16. The number of sulfonamides is 1. The van der Waals surface area contributed by atoms with Gasteiger partial charge >= 0.3 is 0 Å². The maximum Gasteiger partial charge on any atom is 0.246 e. The quantitative estimate of drug-likeness (QED) is 0.625. The van der Waals surface area contributed by atoms with Crippen molar-refractivity contribution in [2.24, 2.45) is 0 Å². The van der Waals surface area contributed by atoms with Gasteiger partial charge in [0.05, 0.1) is 16.3 Å². The molecule has 136 valence electrons. The van der Waals surface area contributed by atoms with Gasteiger partial charge in [-0.25, -0.2) is 13.1 Å². The fraction of sp³-hybridized carbons (Fsp3) is 0.118. The van der Waals surface area contributed by atoms with Crippen LogP contribution < -0.4 is 0 Å². The Bertz CT molecular complexity index is 982. The second-order valence-electron chi connectivity index (χ2n) is 5.39. The first kappa shape index (κ1) is 18.6. The number of aromatic nitrogens is 2. The number of rotatable bonds is 6. The molecule has 0 saturated heterocycles. The van der Waals surface area contributed by atoms with E-state index < -0.39 is 23.5 Å². The summed E-state index contributed by atoms with van der Waals surface area (Å²) in [6, 6.07) is 15.1. The van der Waals surface area contributed by atoms with Crippen molar-refractivity contribution in [3.8, 4) is 16.9 Å². The molecular weight excluding hydrogens is 378 g/mol. The summed E-state index contributed by atoms with van der Waals surface area (Å²) in [5.41, 5.74) is 2.34. The number of hydrogen-bond donors (Lipinski definition) is 2. The molecule has 0 amide bonds. The number of aliphatic hydroxyl groups is 2. The number of nitrogens with zero attached hydrogens (tertiary/aromatic N) is 3. The summed E-state index contributed by atoms with van der Waals surface area (Å²) in [5.74, 6) is 0. The van der Waals surface area contributed by atoms with E-state index in [-0.39, 0.29) is 4.90 Å². The summed E-state index contributed by atoms with van der Waals surface area (Å²) >= 11 is 5.89. The zero-order valence-electron chi connectivity index (χ0n) is 13.5. The Kier molecular flexibility index (Phi) is 5.40. The van der Waals surface area contributed by atoms with E-state index in [1.807, 2.05) is 18.2 Å². The van der Waals surface area contributed by atoms with Crippen LogP contribution in [-0.4, -0.2) is 46.2 Å². The molecule has 7 nitrogen and oxygen atoms in total. The van der Waals surface area contributed by atoms with Crippen molar-refractivity contribution in [2.45, 2.75) is 4.90 Å². The molecule has 0 unspecified atom stereocenters. The molecule has 0 aliphatic rings. The van der Waals surface area contributed by atoms with Crippen molar-refractivity contribution < 1.29 is 18.6 Å². The SMILES string of the molecule is O=S(=O)(c1ccc(-n2ccc(-c3ccc(Cl)cc3)n2)cc1)N(CO)CO. The minimum absolute atomic E-state index is 0.0329. The van der Waals surface area contributed by atoms with E-state index in [4.69, 9.17) is 21.8 Å². The molecule has 2 aromatic carbocycles. The Morgan fingerprint density at radius 1 is 0.962 bits per heavy atom. The first-order chi connectivity index (χ1) is 12.5. The van der Waals surface area contributed by atoms with Gasteiger partial charge in [-0.1, -0.05) is 23.7 Å². The van der Waals surface area contributed by atoms with Crippen LogP contribution >= 0.6 is 11.6 Å². The van der Waals surface area contributed by atoms with Crippen LogP contribution in [0.3, 0.4) is 0 Å². The molecule has 1 heterocycles. The van der Waals surface area contributed by atoms with E-state index in [9.17, 15) is 8.42 Å². The minimum atomic E-state index is -3.95. The Balaban J connectivity index is 1.87. The van der Waals surface area contributed by atoms with E-state index in [1.54, 1.807) is 35.1 Å². The average molecular weight is 394 g/mol. The van der Waals surface area contributed by atoms with Gasteiger partial charge in [-0.2, -0.15) is 5.10 Å². The third kappa shape index (κ3) is 3.64. The first-order valence-electron chi connectivity index (χ1n) is 7.59. The second kappa shape index (κ2) is 7.56. The lowest BCUT2D eigenvalue weighted by molar-refractivity contribution is 0.0965. The van der Waals surface area contributed by atoms with Crippen molar-refractivity contribution in [3.05, 3.63) is 65.8 Å². The Hall–Kier alpha value is -2.23. The summed E-state index contributed by atoms with van der Waals surface area (Å²) in [6.07, 6.45) is 1.77. The minimum Gasteiger partial charge on any atom is -0.380 e. The zero-order valence-corrected chi connectivity index (χ0v) is 15.1. The van der Waals surface area contributed by atoms with Crippen LogP contribution in [0.25, 0.3) is 16.9 Å². The Morgan fingerprint density at radius 2 is 1.58 bits per heavy atom. The fourth-order valence-electron chi connectivity index (χ4n) is 2.36. The van der Waals surface area contributed by atoms with Gasteiger partial charge in [-0.15, -0.1) is 4.31 Å². The normalized spacial score (nSPS) is 11.8. The fourth-order valence-corrected chi connectivity index (χ4v) is 3.57. The highest BCUT2D eigenvalue weighted by Gasteiger charge is 2.22. The summed E-state index contributed by atoms with van der Waals surface area (Å²) in [6.45, 7) is -1.60. The van der Waals surface area contributed by atoms with Crippen LogP contribution in [0.4, 0.5) is 0 Å². The molecule has 3 rings (SSSR count). The summed E-state index contributed by atoms with van der Waals surface area (Å²) in [5, 5.41) is 23.2. The molecule has 26 heavy (non-hydrogen) atoms. The topological polar surface area (TPSA) is 95.7 Å². The maximum atomic E-state index is 12.2. The summed E-state index contributed by atoms with van der Waals surface area (Å²) in [4.78, 5) is -0.0329. The number of aliphatic hydroxyl groups excluding tert-OH is 2. The molecule has 9 heteroatoms. The molecule has 0 radical (unpaired) electrons. The highest BCUT2D eigenvalue weighted by atomic mass is 35.5. The molecule has 0 atom stereocenters. The van der Waals surface area contributed by atoms with Crippen molar-refractivity contribution in [1.29, 1.82) is 0 Å². The molecule has 0 saturated carbocycles. The number of halogens is 1. The van der Waals surface area contributed by atoms with Crippen LogP contribution in [0, 0.1) is 0 Å². The largest absolute Gasteiger partial charge is 0.380 e. The van der Waals surface area contributed by atoms with Gasteiger partial charge in [0.2, 0.25) is 10.0 Å². The third-order valence-corrected chi connectivity index (χ3v) is 5.81. The van der Waals surface area contributed by atoms with Gasteiger partial charge in [0.1, 0.15) is 13.5 Å². The number of hydrogen-bond acceptors (Lipinski definition) is 5. The van der Waals surface area contributed by atoms with Gasteiger partial charge in [0, 0.05) is 16.8 Å².